The topological polar surface area (TPSA) is 59.1 Å². The van der Waals surface area contributed by atoms with Gasteiger partial charge >= 0.3 is 0 Å². The Morgan fingerprint density at radius 3 is 3.00 bits per heavy atom. The van der Waals surface area contributed by atoms with Crippen LogP contribution in [-0.2, 0) is 0 Å². The van der Waals surface area contributed by atoms with Crippen molar-refractivity contribution in [2.45, 2.75) is 6.42 Å². The molecule has 3 N–H and O–H groups in total. The van der Waals surface area contributed by atoms with Crippen LogP contribution in [-0.4, -0.2) is 16.7 Å². The minimum absolute atomic E-state index is 0.119. The van der Waals surface area contributed by atoms with Crippen LogP contribution in [0, 0.1) is 0 Å². The number of rotatable bonds is 3. The van der Waals surface area contributed by atoms with E-state index in [2.05, 4.69) is 4.98 Å². The Bertz CT molecular complexity index is 292. The van der Waals surface area contributed by atoms with Crippen LogP contribution in [0.25, 0.3) is 6.08 Å². The Labute approximate surface area is 81.9 Å². The predicted octanol–water partition coefficient (Wildman–Crippen LogP) is 1.71. The number of pyridine rings is 1. The summed E-state index contributed by atoms with van der Waals surface area (Å²) in [4.78, 5) is 3.89. The van der Waals surface area contributed by atoms with Gasteiger partial charge in [-0.1, -0.05) is 23.8 Å². The van der Waals surface area contributed by atoms with Gasteiger partial charge in [0.25, 0.3) is 0 Å². The van der Waals surface area contributed by atoms with E-state index in [1.54, 1.807) is 24.4 Å². The third kappa shape index (κ3) is 2.72. The summed E-state index contributed by atoms with van der Waals surface area (Å²) in [5, 5.41) is 8.94. The fourth-order valence-electron chi connectivity index (χ4n) is 0.902. The molecule has 1 rings (SSSR count). The first-order chi connectivity index (χ1) is 6.25. The van der Waals surface area contributed by atoms with Gasteiger partial charge in [0.2, 0.25) is 0 Å². The van der Waals surface area contributed by atoms with Crippen molar-refractivity contribution in [3.8, 4) is 0 Å². The van der Waals surface area contributed by atoms with Crippen LogP contribution in [0.15, 0.2) is 18.3 Å². The maximum atomic E-state index is 8.55. The second-order valence-corrected chi connectivity index (χ2v) is 2.88. The molecule has 0 saturated carbocycles. The Balaban J connectivity index is 2.87. The summed E-state index contributed by atoms with van der Waals surface area (Å²) in [6.45, 7) is 0.119. The second-order valence-electron chi connectivity index (χ2n) is 2.52. The van der Waals surface area contributed by atoms with Gasteiger partial charge in [-0.15, -0.1) is 0 Å². The van der Waals surface area contributed by atoms with Crippen molar-refractivity contribution in [1.29, 1.82) is 0 Å². The SMILES string of the molecule is Nc1ccnc(Cl)c1C=CCCO. The molecule has 4 heteroatoms. The highest BCUT2D eigenvalue weighted by Gasteiger charge is 2.00. The largest absolute Gasteiger partial charge is 0.398 e. The van der Waals surface area contributed by atoms with Gasteiger partial charge in [-0.2, -0.15) is 0 Å². The second kappa shape index (κ2) is 4.84. The van der Waals surface area contributed by atoms with Crippen LogP contribution in [0.1, 0.15) is 12.0 Å². The zero-order chi connectivity index (χ0) is 9.68. The number of anilines is 1. The quantitative estimate of drug-likeness (QED) is 0.727. The molecular formula is C9H11ClN2O. The third-order valence-corrected chi connectivity index (χ3v) is 1.86. The fourth-order valence-corrected chi connectivity index (χ4v) is 1.13. The molecule has 13 heavy (non-hydrogen) atoms. The molecule has 0 spiro atoms. The van der Waals surface area contributed by atoms with E-state index in [0.29, 0.717) is 22.8 Å². The van der Waals surface area contributed by atoms with Crippen molar-refractivity contribution in [3.05, 3.63) is 29.1 Å². The van der Waals surface area contributed by atoms with Crippen LogP contribution < -0.4 is 5.73 Å². The zero-order valence-electron chi connectivity index (χ0n) is 7.07. The summed E-state index contributed by atoms with van der Waals surface area (Å²) in [5.74, 6) is 0. The van der Waals surface area contributed by atoms with E-state index in [4.69, 9.17) is 22.4 Å². The molecule has 0 unspecified atom stereocenters. The normalized spacial score (nSPS) is 10.9. The third-order valence-electron chi connectivity index (χ3n) is 1.56. The Hall–Kier alpha value is -1.06. The molecule has 0 fully saturated rings. The van der Waals surface area contributed by atoms with Gasteiger partial charge in [0.05, 0.1) is 0 Å². The number of nitrogens with two attached hydrogens (primary N) is 1. The molecule has 1 aromatic heterocycles. The zero-order valence-corrected chi connectivity index (χ0v) is 7.83. The first kappa shape index (κ1) is 10.0. The number of nitrogens with zero attached hydrogens (tertiary/aromatic N) is 1. The highest BCUT2D eigenvalue weighted by Crippen LogP contribution is 2.20. The van der Waals surface area contributed by atoms with Crippen LogP contribution in [0.4, 0.5) is 5.69 Å². The molecule has 0 bridgehead atoms. The van der Waals surface area contributed by atoms with Crippen molar-refractivity contribution in [2.75, 3.05) is 12.3 Å². The molecule has 0 saturated heterocycles. The lowest BCUT2D eigenvalue weighted by Crippen LogP contribution is -1.91. The van der Waals surface area contributed by atoms with Crippen molar-refractivity contribution < 1.29 is 5.11 Å². The lowest BCUT2D eigenvalue weighted by molar-refractivity contribution is 0.303. The van der Waals surface area contributed by atoms with E-state index in [0.717, 1.165) is 0 Å². The number of aromatic nitrogens is 1. The lowest BCUT2D eigenvalue weighted by Gasteiger charge is -2.00. The van der Waals surface area contributed by atoms with Gasteiger partial charge in [0.15, 0.2) is 0 Å². The first-order valence-corrected chi connectivity index (χ1v) is 4.31. The fraction of sp³-hybridized carbons (Fsp3) is 0.222. The van der Waals surface area contributed by atoms with Crippen molar-refractivity contribution >= 4 is 23.4 Å². The molecule has 0 atom stereocenters. The maximum Gasteiger partial charge on any atom is 0.138 e. The number of halogens is 1. The Kier molecular flexibility index (Phi) is 3.73. The minimum Gasteiger partial charge on any atom is -0.398 e. The van der Waals surface area contributed by atoms with E-state index >= 15 is 0 Å². The lowest BCUT2D eigenvalue weighted by atomic mass is 10.2. The number of nitrogen functional groups attached to an aromatic ring is 1. The average molecular weight is 199 g/mol. The standard InChI is InChI=1S/C9H11ClN2O/c10-9-7(3-1-2-6-13)8(11)4-5-12-9/h1,3-5,13H,2,6H2,(H2,11,12). The van der Waals surface area contributed by atoms with Crippen molar-refractivity contribution in [1.82, 2.24) is 4.98 Å². The van der Waals surface area contributed by atoms with E-state index in [9.17, 15) is 0 Å². The summed E-state index contributed by atoms with van der Waals surface area (Å²) in [5.41, 5.74) is 6.96. The Morgan fingerprint density at radius 2 is 2.38 bits per heavy atom. The summed E-state index contributed by atoms with van der Waals surface area (Å²) < 4.78 is 0. The van der Waals surface area contributed by atoms with Crippen LogP contribution in [0.3, 0.4) is 0 Å². The van der Waals surface area contributed by atoms with Crippen LogP contribution >= 0.6 is 11.6 Å². The Morgan fingerprint density at radius 1 is 1.62 bits per heavy atom. The van der Waals surface area contributed by atoms with Gasteiger partial charge in [-0.3, -0.25) is 0 Å². The van der Waals surface area contributed by atoms with Gasteiger partial charge in [0, 0.05) is 24.1 Å². The summed E-state index contributed by atoms with van der Waals surface area (Å²) in [6.07, 6.45) is 5.71. The molecule has 0 aliphatic rings. The maximum absolute atomic E-state index is 8.55. The average Bonchev–Trinajstić information content (AvgIpc) is 2.10. The minimum atomic E-state index is 0.119. The van der Waals surface area contributed by atoms with Gasteiger partial charge in [-0.05, 0) is 12.5 Å². The molecular weight excluding hydrogens is 188 g/mol. The molecule has 0 amide bonds. The number of aliphatic hydroxyl groups excluding tert-OH is 1. The van der Waals surface area contributed by atoms with E-state index in [1.807, 2.05) is 0 Å². The van der Waals surface area contributed by atoms with E-state index in [1.165, 1.54) is 0 Å². The molecule has 3 nitrogen and oxygen atoms in total. The summed E-state index contributed by atoms with van der Waals surface area (Å²) in [6, 6.07) is 1.69. The summed E-state index contributed by atoms with van der Waals surface area (Å²) in [7, 11) is 0. The molecule has 70 valence electrons. The number of hydrogen-bond donors (Lipinski definition) is 2. The molecule has 1 heterocycles. The van der Waals surface area contributed by atoms with Crippen molar-refractivity contribution in [2.24, 2.45) is 0 Å². The van der Waals surface area contributed by atoms with Crippen molar-refractivity contribution in [3.63, 3.8) is 0 Å². The van der Waals surface area contributed by atoms with Crippen LogP contribution in [0.5, 0.6) is 0 Å². The smallest absolute Gasteiger partial charge is 0.138 e. The summed E-state index contributed by atoms with van der Waals surface area (Å²) >= 11 is 5.80. The van der Waals surface area contributed by atoms with E-state index in [-0.39, 0.29) is 6.61 Å². The first-order valence-electron chi connectivity index (χ1n) is 3.93. The van der Waals surface area contributed by atoms with Gasteiger partial charge < -0.3 is 10.8 Å². The monoisotopic (exact) mass is 198 g/mol. The molecule has 0 aliphatic carbocycles. The molecule has 1 aromatic rings. The molecule has 0 aliphatic heterocycles. The van der Waals surface area contributed by atoms with E-state index < -0.39 is 0 Å². The van der Waals surface area contributed by atoms with Crippen LogP contribution in [0.2, 0.25) is 5.15 Å². The highest BCUT2D eigenvalue weighted by molar-refractivity contribution is 6.31. The van der Waals surface area contributed by atoms with Gasteiger partial charge in [0.1, 0.15) is 5.15 Å². The molecule has 0 radical (unpaired) electrons. The highest BCUT2D eigenvalue weighted by atomic mass is 35.5. The van der Waals surface area contributed by atoms with Gasteiger partial charge in [-0.25, -0.2) is 4.98 Å². The predicted molar refractivity (Wildman–Crippen MR) is 54.4 cm³/mol. The number of hydrogen-bond acceptors (Lipinski definition) is 3. The molecule has 0 aromatic carbocycles. The number of aliphatic hydroxyl groups is 1.